The molecule has 94 valence electrons. The van der Waals surface area contributed by atoms with Crippen molar-refractivity contribution < 1.29 is 4.79 Å². The van der Waals surface area contributed by atoms with Gasteiger partial charge in [-0.3, -0.25) is 4.79 Å². The van der Waals surface area contributed by atoms with Gasteiger partial charge in [0.2, 0.25) is 0 Å². The second-order valence-electron chi connectivity index (χ2n) is 4.97. The molecule has 0 spiro atoms. The minimum absolute atomic E-state index is 0.160. The topological polar surface area (TPSA) is 17.1 Å². The van der Waals surface area contributed by atoms with Crippen molar-refractivity contribution in [2.75, 3.05) is 0 Å². The Balaban J connectivity index is 2.09. The van der Waals surface area contributed by atoms with Crippen LogP contribution >= 0.6 is 0 Å². The lowest BCUT2D eigenvalue weighted by Gasteiger charge is -2.07. The van der Waals surface area contributed by atoms with Crippen molar-refractivity contribution >= 4 is 5.78 Å². The van der Waals surface area contributed by atoms with Crippen LogP contribution in [0.2, 0.25) is 0 Å². The number of hydrogen-bond acceptors (Lipinski definition) is 1. The molecule has 0 atom stereocenters. The van der Waals surface area contributed by atoms with E-state index >= 15 is 0 Å². The summed E-state index contributed by atoms with van der Waals surface area (Å²) in [5.41, 5.74) is 5.28. The third-order valence-electron chi connectivity index (χ3n) is 3.72. The summed E-state index contributed by atoms with van der Waals surface area (Å²) < 4.78 is 0. The van der Waals surface area contributed by atoms with E-state index in [9.17, 15) is 4.79 Å². The van der Waals surface area contributed by atoms with E-state index in [0.717, 1.165) is 36.0 Å². The number of aryl methyl sites for hydroxylation is 2. The molecular weight excluding hydrogens is 232 g/mol. The Morgan fingerprint density at radius 1 is 1.00 bits per heavy atom. The summed E-state index contributed by atoms with van der Waals surface area (Å²) in [5.74, 6) is 0.160. The van der Waals surface area contributed by atoms with E-state index < -0.39 is 0 Å². The van der Waals surface area contributed by atoms with Gasteiger partial charge in [0.25, 0.3) is 0 Å². The molecule has 2 aromatic carbocycles. The van der Waals surface area contributed by atoms with Gasteiger partial charge >= 0.3 is 0 Å². The van der Waals surface area contributed by atoms with E-state index in [2.05, 4.69) is 18.7 Å². The van der Waals surface area contributed by atoms with Gasteiger partial charge in [-0.15, -0.1) is 6.58 Å². The predicted octanol–water partition coefficient (Wildman–Crippen LogP) is 3.74. The molecule has 0 bridgehead atoms. The normalized spacial score (nSPS) is 13.4. The molecule has 3 rings (SSSR count). The van der Waals surface area contributed by atoms with Crippen LogP contribution in [0.5, 0.6) is 0 Å². The fourth-order valence-corrected chi connectivity index (χ4v) is 2.74. The van der Waals surface area contributed by atoms with Crippen LogP contribution in [0.1, 0.15) is 32.6 Å². The zero-order valence-corrected chi connectivity index (χ0v) is 10.9. The fourth-order valence-electron chi connectivity index (χ4n) is 2.74. The van der Waals surface area contributed by atoms with Crippen molar-refractivity contribution in [1.82, 2.24) is 0 Å². The number of carbonyl (C=O) groups is 1. The molecule has 0 fully saturated rings. The first-order valence-electron chi connectivity index (χ1n) is 6.65. The van der Waals surface area contributed by atoms with Crippen molar-refractivity contribution in [2.24, 2.45) is 0 Å². The number of benzene rings is 2. The number of fused-ring (bicyclic) bond motifs is 2. The molecule has 0 aliphatic heterocycles. The van der Waals surface area contributed by atoms with E-state index in [1.807, 2.05) is 36.4 Å². The van der Waals surface area contributed by atoms with Crippen LogP contribution in [0.4, 0.5) is 0 Å². The van der Waals surface area contributed by atoms with E-state index in [-0.39, 0.29) is 5.78 Å². The van der Waals surface area contributed by atoms with Crippen LogP contribution in [-0.4, -0.2) is 5.78 Å². The molecule has 1 heteroatoms. The fraction of sp³-hybridized carbons (Fsp3) is 0.167. The molecule has 0 saturated carbocycles. The maximum absolute atomic E-state index is 12.6. The van der Waals surface area contributed by atoms with Gasteiger partial charge in [0.1, 0.15) is 0 Å². The van der Waals surface area contributed by atoms with Crippen LogP contribution in [0.3, 0.4) is 0 Å². The predicted molar refractivity (Wildman–Crippen MR) is 77.6 cm³/mol. The average Bonchev–Trinajstić information content (AvgIpc) is 2.58. The zero-order chi connectivity index (χ0) is 13.2. The number of ketones is 1. The van der Waals surface area contributed by atoms with Crippen LogP contribution < -0.4 is 0 Å². The number of hydrogen-bond donors (Lipinski definition) is 0. The van der Waals surface area contributed by atoms with E-state index in [0.29, 0.717) is 0 Å². The van der Waals surface area contributed by atoms with Crippen molar-refractivity contribution in [3.8, 4) is 0 Å². The van der Waals surface area contributed by atoms with Crippen LogP contribution in [0, 0.1) is 0 Å². The largest absolute Gasteiger partial charge is 0.289 e. The highest BCUT2D eigenvalue weighted by atomic mass is 16.1. The van der Waals surface area contributed by atoms with E-state index in [1.54, 1.807) is 0 Å². The van der Waals surface area contributed by atoms with Gasteiger partial charge in [-0.2, -0.15) is 0 Å². The monoisotopic (exact) mass is 248 g/mol. The molecule has 0 heterocycles. The minimum atomic E-state index is 0.160. The molecule has 0 saturated heterocycles. The second kappa shape index (κ2) is 4.85. The first-order chi connectivity index (χ1) is 9.29. The number of carbonyl (C=O) groups excluding carboxylic acids is 1. The summed E-state index contributed by atoms with van der Waals surface area (Å²) in [6.07, 6.45) is 4.62. The van der Waals surface area contributed by atoms with Gasteiger partial charge in [0, 0.05) is 11.1 Å². The molecule has 1 aliphatic carbocycles. The highest BCUT2D eigenvalue weighted by molar-refractivity contribution is 6.11. The van der Waals surface area contributed by atoms with E-state index in [1.165, 1.54) is 11.1 Å². The molecule has 19 heavy (non-hydrogen) atoms. The summed E-state index contributed by atoms with van der Waals surface area (Å²) in [6, 6.07) is 14.1. The Morgan fingerprint density at radius 2 is 1.74 bits per heavy atom. The lowest BCUT2D eigenvalue weighted by molar-refractivity contribution is 0.103. The maximum atomic E-state index is 12.6. The molecule has 0 amide bonds. The third kappa shape index (κ3) is 2.12. The molecule has 0 N–H and O–H groups in total. The Hall–Kier alpha value is -2.15. The Bertz CT molecular complexity index is 652. The van der Waals surface area contributed by atoms with Crippen LogP contribution in [0.25, 0.3) is 0 Å². The molecule has 0 unspecified atom stereocenters. The highest BCUT2D eigenvalue weighted by Crippen LogP contribution is 2.25. The van der Waals surface area contributed by atoms with Gasteiger partial charge in [0.05, 0.1) is 0 Å². The van der Waals surface area contributed by atoms with Gasteiger partial charge in [-0.1, -0.05) is 48.5 Å². The first kappa shape index (κ1) is 11.9. The molecule has 1 nitrogen and oxygen atoms in total. The summed E-state index contributed by atoms with van der Waals surface area (Å²) >= 11 is 0. The van der Waals surface area contributed by atoms with Crippen LogP contribution in [0.15, 0.2) is 55.1 Å². The van der Waals surface area contributed by atoms with Crippen molar-refractivity contribution in [1.29, 1.82) is 0 Å². The zero-order valence-electron chi connectivity index (χ0n) is 10.9. The summed E-state index contributed by atoms with van der Waals surface area (Å²) in [4.78, 5) is 12.6. The second-order valence-corrected chi connectivity index (χ2v) is 4.97. The third-order valence-corrected chi connectivity index (χ3v) is 3.72. The van der Waals surface area contributed by atoms with Gasteiger partial charge in [-0.25, -0.2) is 0 Å². The standard InChI is InChI=1S/C18H16O/c1-2-5-13-8-11-17-15(12-13)10-9-14-6-3-4-7-16(14)18(17)19/h2-4,6-8,11-12H,1,5,9-10H2. The molecule has 0 aromatic heterocycles. The maximum Gasteiger partial charge on any atom is 0.193 e. The van der Waals surface area contributed by atoms with Crippen molar-refractivity contribution in [3.63, 3.8) is 0 Å². The molecular formula is C18H16O. The first-order valence-corrected chi connectivity index (χ1v) is 6.65. The highest BCUT2D eigenvalue weighted by Gasteiger charge is 2.20. The average molecular weight is 248 g/mol. The smallest absolute Gasteiger partial charge is 0.193 e. The Labute approximate surface area is 113 Å². The lowest BCUT2D eigenvalue weighted by Crippen LogP contribution is -2.04. The Kier molecular flexibility index (Phi) is 3.04. The van der Waals surface area contributed by atoms with E-state index in [4.69, 9.17) is 0 Å². The molecule has 0 radical (unpaired) electrons. The van der Waals surface area contributed by atoms with Gasteiger partial charge in [0.15, 0.2) is 5.78 Å². The summed E-state index contributed by atoms with van der Waals surface area (Å²) in [6.45, 7) is 3.77. The SMILES string of the molecule is C=CCc1ccc2c(c1)CCc1ccccc1C2=O. The molecule has 2 aromatic rings. The van der Waals surface area contributed by atoms with Crippen LogP contribution in [-0.2, 0) is 19.3 Å². The molecule has 1 aliphatic rings. The Morgan fingerprint density at radius 3 is 2.58 bits per heavy atom. The lowest BCUT2D eigenvalue weighted by atomic mass is 9.96. The van der Waals surface area contributed by atoms with Gasteiger partial charge in [-0.05, 0) is 36.0 Å². The quantitative estimate of drug-likeness (QED) is 0.740. The van der Waals surface area contributed by atoms with Crippen molar-refractivity contribution in [2.45, 2.75) is 19.3 Å². The van der Waals surface area contributed by atoms with Gasteiger partial charge < -0.3 is 0 Å². The summed E-state index contributed by atoms with van der Waals surface area (Å²) in [7, 11) is 0. The minimum Gasteiger partial charge on any atom is -0.289 e. The number of allylic oxidation sites excluding steroid dienone is 1. The van der Waals surface area contributed by atoms with Crippen molar-refractivity contribution in [3.05, 3.63) is 82.9 Å². The number of rotatable bonds is 2. The summed E-state index contributed by atoms with van der Waals surface area (Å²) in [5, 5.41) is 0.